The molecule has 0 radical (unpaired) electrons. The van der Waals surface area contributed by atoms with Gasteiger partial charge in [-0.1, -0.05) is 15.9 Å². The minimum Gasteiger partial charge on any atom is -0.460 e. The number of hydrogen-bond acceptors (Lipinski definition) is 3. The Hall–Kier alpha value is -1.56. The standard InChI is InChI=1S/C13H15BrN2O3/c14-10-5-3-9(4-6-10)12(17)19-8-11-2-1-7-16(11)13(15)18/h3-6,11H,1-2,7-8H2,(H2,15,18)/t11-/m0/s1. The number of likely N-dealkylation sites (tertiary alicyclic amines) is 1. The summed E-state index contributed by atoms with van der Waals surface area (Å²) < 4.78 is 6.13. The molecule has 2 amide bonds. The van der Waals surface area contributed by atoms with E-state index in [2.05, 4.69) is 15.9 Å². The van der Waals surface area contributed by atoms with Gasteiger partial charge in [0.25, 0.3) is 0 Å². The molecule has 0 bridgehead atoms. The van der Waals surface area contributed by atoms with Gasteiger partial charge >= 0.3 is 12.0 Å². The molecule has 1 fully saturated rings. The molecule has 1 aromatic rings. The average molecular weight is 327 g/mol. The van der Waals surface area contributed by atoms with Crippen LogP contribution < -0.4 is 5.73 Å². The van der Waals surface area contributed by atoms with Gasteiger partial charge in [0.05, 0.1) is 11.6 Å². The fourth-order valence-electron chi connectivity index (χ4n) is 2.14. The van der Waals surface area contributed by atoms with Gasteiger partial charge in [0, 0.05) is 11.0 Å². The second-order valence-corrected chi connectivity index (χ2v) is 5.35. The van der Waals surface area contributed by atoms with Crippen LogP contribution in [0.4, 0.5) is 4.79 Å². The van der Waals surface area contributed by atoms with Crippen molar-refractivity contribution in [3.63, 3.8) is 0 Å². The van der Waals surface area contributed by atoms with E-state index in [9.17, 15) is 9.59 Å². The number of primary amides is 1. The second-order valence-electron chi connectivity index (χ2n) is 4.43. The van der Waals surface area contributed by atoms with Crippen molar-refractivity contribution in [3.8, 4) is 0 Å². The molecular formula is C13H15BrN2O3. The van der Waals surface area contributed by atoms with Gasteiger partial charge in [0.1, 0.15) is 6.61 Å². The number of nitrogens with zero attached hydrogens (tertiary/aromatic N) is 1. The lowest BCUT2D eigenvalue weighted by atomic mass is 10.2. The fourth-order valence-corrected chi connectivity index (χ4v) is 2.40. The summed E-state index contributed by atoms with van der Waals surface area (Å²) in [7, 11) is 0. The van der Waals surface area contributed by atoms with E-state index in [1.165, 1.54) is 0 Å². The van der Waals surface area contributed by atoms with Crippen LogP contribution in [0.5, 0.6) is 0 Å². The van der Waals surface area contributed by atoms with Gasteiger partial charge in [-0.25, -0.2) is 9.59 Å². The Morgan fingerprint density at radius 2 is 2.05 bits per heavy atom. The van der Waals surface area contributed by atoms with E-state index < -0.39 is 6.03 Å². The number of benzene rings is 1. The minimum atomic E-state index is -0.456. The Balaban J connectivity index is 1.90. The Morgan fingerprint density at radius 1 is 1.37 bits per heavy atom. The van der Waals surface area contributed by atoms with Gasteiger partial charge in [0.15, 0.2) is 0 Å². The molecular weight excluding hydrogens is 312 g/mol. The highest BCUT2D eigenvalue weighted by atomic mass is 79.9. The maximum atomic E-state index is 11.8. The van der Waals surface area contributed by atoms with Crippen molar-refractivity contribution in [2.45, 2.75) is 18.9 Å². The van der Waals surface area contributed by atoms with Crippen LogP contribution in [0.2, 0.25) is 0 Å². The second kappa shape index (κ2) is 6.06. The highest BCUT2D eigenvalue weighted by Gasteiger charge is 2.28. The quantitative estimate of drug-likeness (QED) is 0.865. The highest BCUT2D eigenvalue weighted by Crippen LogP contribution is 2.18. The van der Waals surface area contributed by atoms with Crippen LogP contribution in [0.15, 0.2) is 28.7 Å². The smallest absolute Gasteiger partial charge is 0.338 e. The zero-order valence-corrected chi connectivity index (χ0v) is 11.9. The first-order chi connectivity index (χ1) is 9.08. The van der Waals surface area contributed by atoms with Crippen molar-refractivity contribution in [2.24, 2.45) is 5.73 Å². The first kappa shape index (κ1) is 13.9. The lowest BCUT2D eigenvalue weighted by Gasteiger charge is -2.22. The van der Waals surface area contributed by atoms with Crippen LogP contribution in [0.3, 0.4) is 0 Å². The number of hydrogen-bond donors (Lipinski definition) is 1. The minimum absolute atomic E-state index is 0.100. The Labute approximate surface area is 119 Å². The topological polar surface area (TPSA) is 72.6 Å². The third-order valence-corrected chi connectivity index (χ3v) is 3.68. The van der Waals surface area contributed by atoms with Gasteiger partial charge < -0.3 is 15.4 Å². The number of esters is 1. The molecule has 0 aliphatic carbocycles. The molecule has 2 N–H and O–H groups in total. The predicted molar refractivity (Wildman–Crippen MR) is 73.7 cm³/mol. The first-order valence-corrected chi connectivity index (χ1v) is 6.86. The van der Waals surface area contributed by atoms with Crippen molar-refractivity contribution >= 4 is 27.9 Å². The Morgan fingerprint density at radius 3 is 2.68 bits per heavy atom. The molecule has 1 heterocycles. The fraction of sp³-hybridized carbons (Fsp3) is 0.385. The predicted octanol–water partition coefficient (Wildman–Crippen LogP) is 2.15. The normalized spacial score (nSPS) is 18.4. The third-order valence-electron chi connectivity index (χ3n) is 3.15. The van der Waals surface area contributed by atoms with E-state index >= 15 is 0 Å². The molecule has 0 unspecified atom stereocenters. The van der Waals surface area contributed by atoms with Crippen molar-refractivity contribution in [2.75, 3.05) is 13.2 Å². The molecule has 102 valence electrons. The summed E-state index contributed by atoms with van der Waals surface area (Å²) in [5.41, 5.74) is 5.76. The number of carbonyl (C=O) groups excluding carboxylic acids is 2. The average Bonchev–Trinajstić information content (AvgIpc) is 2.85. The summed E-state index contributed by atoms with van der Waals surface area (Å²) >= 11 is 3.30. The van der Waals surface area contributed by atoms with E-state index in [0.717, 1.165) is 17.3 Å². The molecule has 1 aromatic carbocycles. The van der Waals surface area contributed by atoms with Crippen molar-refractivity contribution in [3.05, 3.63) is 34.3 Å². The van der Waals surface area contributed by atoms with Crippen LogP contribution in [-0.2, 0) is 4.74 Å². The monoisotopic (exact) mass is 326 g/mol. The number of carbonyl (C=O) groups is 2. The Kier molecular flexibility index (Phi) is 4.42. The number of ether oxygens (including phenoxy) is 1. The molecule has 1 aliphatic rings. The highest BCUT2D eigenvalue weighted by molar-refractivity contribution is 9.10. The number of urea groups is 1. The van der Waals surface area contributed by atoms with Gasteiger partial charge in [-0.3, -0.25) is 0 Å². The van der Waals surface area contributed by atoms with Crippen LogP contribution in [-0.4, -0.2) is 36.1 Å². The van der Waals surface area contributed by atoms with Crippen molar-refractivity contribution < 1.29 is 14.3 Å². The largest absolute Gasteiger partial charge is 0.460 e. The number of halogens is 1. The third kappa shape index (κ3) is 3.47. The lowest BCUT2D eigenvalue weighted by molar-refractivity contribution is 0.0422. The molecule has 19 heavy (non-hydrogen) atoms. The van der Waals surface area contributed by atoms with Crippen LogP contribution >= 0.6 is 15.9 Å². The van der Waals surface area contributed by atoms with E-state index in [1.807, 2.05) is 0 Å². The lowest BCUT2D eigenvalue weighted by Crippen LogP contribution is -2.41. The van der Waals surface area contributed by atoms with Gasteiger partial charge in [0.2, 0.25) is 0 Å². The number of nitrogens with two attached hydrogens (primary N) is 1. The molecule has 6 heteroatoms. The number of rotatable bonds is 3. The molecule has 1 atom stereocenters. The molecule has 0 saturated carbocycles. The first-order valence-electron chi connectivity index (χ1n) is 6.06. The van der Waals surface area contributed by atoms with Crippen LogP contribution in [0.25, 0.3) is 0 Å². The summed E-state index contributed by atoms with van der Waals surface area (Å²) in [6.07, 6.45) is 1.71. The zero-order valence-electron chi connectivity index (χ0n) is 10.3. The Bertz CT molecular complexity index is 475. The van der Waals surface area contributed by atoms with Crippen LogP contribution in [0, 0.1) is 0 Å². The molecule has 5 nitrogen and oxygen atoms in total. The summed E-state index contributed by atoms with van der Waals surface area (Å²) in [5.74, 6) is -0.385. The van der Waals surface area contributed by atoms with Gasteiger partial charge in [-0.05, 0) is 37.1 Å². The number of amides is 2. The SMILES string of the molecule is NC(=O)N1CCC[C@H]1COC(=O)c1ccc(Br)cc1. The van der Waals surface area contributed by atoms with Gasteiger partial charge in [-0.2, -0.15) is 0 Å². The summed E-state index contributed by atoms with van der Waals surface area (Å²) in [5, 5.41) is 0. The van der Waals surface area contributed by atoms with E-state index in [0.29, 0.717) is 12.1 Å². The van der Waals surface area contributed by atoms with Crippen molar-refractivity contribution in [1.82, 2.24) is 4.90 Å². The maximum absolute atomic E-state index is 11.8. The summed E-state index contributed by atoms with van der Waals surface area (Å²) in [4.78, 5) is 24.5. The molecule has 1 saturated heterocycles. The summed E-state index contributed by atoms with van der Waals surface area (Å²) in [6, 6.07) is 6.38. The van der Waals surface area contributed by atoms with Crippen molar-refractivity contribution in [1.29, 1.82) is 0 Å². The molecule has 0 aromatic heterocycles. The van der Waals surface area contributed by atoms with E-state index in [1.54, 1.807) is 29.2 Å². The molecule has 1 aliphatic heterocycles. The van der Waals surface area contributed by atoms with E-state index in [-0.39, 0.29) is 18.6 Å². The summed E-state index contributed by atoms with van der Waals surface area (Å²) in [6.45, 7) is 0.827. The molecule has 2 rings (SSSR count). The maximum Gasteiger partial charge on any atom is 0.338 e. The van der Waals surface area contributed by atoms with Crippen LogP contribution in [0.1, 0.15) is 23.2 Å². The van der Waals surface area contributed by atoms with E-state index in [4.69, 9.17) is 10.5 Å². The van der Waals surface area contributed by atoms with Gasteiger partial charge in [-0.15, -0.1) is 0 Å². The zero-order chi connectivity index (χ0) is 13.8. The molecule has 0 spiro atoms.